The zero-order valence-corrected chi connectivity index (χ0v) is 45.2. The number of hydrogen-bond acceptors (Lipinski definition) is 10. The number of quaternary nitrogens is 1. The molecule has 0 bridgehead atoms. The minimum Gasteiger partial charge on any atom is -1.00 e. The van der Waals surface area contributed by atoms with E-state index in [1.54, 1.807) is 27.9 Å². The van der Waals surface area contributed by atoms with Crippen LogP contribution in [0.4, 0.5) is 47.3 Å². The number of halogens is 7. The second-order valence-corrected chi connectivity index (χ2v) is 18.4. The lowest BCUT2D eigenvalue weighted by Gasteiger charge is -2.42. The second-order valence-electron chi connectivity index (χ2n) is 18.4. The first-order valence-corrected chi connectivity index (χ1v) is 24.0. The Bertz CT molecular complexity index is 2880. The van der Waals surface area contributed by atoms with Crippen LogP contribution in [0.3, 0.4) is 0 Å². The van der Waals surface area contributed by atoms with Crippen molar-refractivity contribution in [3.05, 3.63) is 153 Å². The van der Waals surface area contributed by atoms with Gasteiger partial charge >= 0.3 is 36.4 Å². The fourth-order valence-electron chi connectivity index (χ4n) is 8.92. The average molecular weight is 1200 g/mol. The lowest BCUT2D eigenvalue weighted by Crippen LogP contribution is -3.00. The summed E-state index contributed by atoms with van der Waals surface area (Å²) in [6.45, 7) is 4.65. The molecule has 6 rings (SSSR count). The highest BCUT2D eigenvalue weighted by Crippen LogP contribution is 2.43. The van der Waals surface area contributed by atoms with Crippen molar-refractivity contribution in [3.8, 4) is 12.1 Å². The monoisotopic (exact) mass is 1200 g/mol. The van der Waals surface area contributed by atoms with Crippen LogP contribution in [0.1, 0.15) is 73.2 Å². The first kappa shape index (κ1) is 60.9. The molecule has 78 heavy (non-hydrogen) atoms. The van der Waals surface area contributed by atoms with Crippen LogP contribution in [0, 0.1) is 22.7 Å². The van der Waals surface area contributed by atoms with Crippen molar-refractivity contribution in [2.45, 2.75) is 52.1 Å². The molecule has 0 radical (unpaired) electrons. The molecule has 2 atom stereocenters. The highest BCUT2D eigenvalue weighted by atomic mass is 127. The van der Waals surface area contributed by atoms with Crippen LogP contribution in [0.15, 0.2) is 120 Å². The molecule has 24 heteroatoms. The number of alkyl halides is 6. The molecule has 412 valence electrons. The number of urea groups is 2. The molecule has 0 aromatic heterocycles. The van der Waals surface area contributed by atoms with E-state index in [0.29, 0.717) is 11.1 Å². The molecule has 0 unspecified atom stereocenters. The summed E-state index contributed by atoms with van der Waals surface area (Å²) in [5.41, 5.74) is -1.92. The van der Waals surface area contributed by atoms with Gasteiger partial charge in [0.25, 0.3) is 0 Å². The summed E-state index contributed by atoms with van der Waals surface area (Å²) in [4.78, 5) is 88.2. The predicted octanol–water partition coefficient (Wildman–Crippen LogP) is 5.12. The third-order valence-corrected chi connectivity index (χ3v) is 12.8. The summed E-state index contributed by atoms with van der Waals surface area (Å²) in [5, 5.41) is 24.5. The number of carbonyl (C=O) groups excluding carboxylic acids is 6. The van der Waals surface area contributed by atoms with Gasteiger partial charge in [-0.3, -0.25) is 19.4 Å². The van der Waals surface area contributed by atoms with Gasteiger partial charge in [0.05, 0.1) is 122 Å². The zero-order valence-electron chi connectivity index (χ0n) is 43.1. The van der Waals surface area contributed by atoms with Crippen molar-refractivity contribution in [1.29, 1.82) is 10.5 Å². The largest absolute Gasteiger partial charge is 1.00 e. The van der Waals surface area contributed by atoms with Crippen molar-refractivity contribution in [2.24, 2.45) is 0 Å². The van der Waals surface area contributed by atoms with Gasteiger partial charge in [-0.2, -0.15) is 36.9 Å². The Hall–Kier alpha value is -7.97. The third-order valence-electron chi connectivity index (χ3n) is 12.8. The van der Waals surface area contributed by atoms with Crippen molar-refractivity contribution in [1.82, 2.24) is 20.4 Å². The molecule has 6 amide bonds. The number of nitriles is 2. The number of nitrogens with zero attached hydrogens (tertiary/aromatic N) is 7. The van der Waals surface area contributed by atoms with E-state index < -0.39 is 84.5 Å². The van der Waals surface area contributed by atoms with Crippen molar-refractivity contribution < 1.29 is 93.0 Å². The number of rotatable bonds is 18. The van der Waals surface area contributed by atoms with Gasteiger partial charge < -0.3 is 58.4 Å². The predicted molar refractivity (Wildman–Crippen MR) is 266 cm³/mol. The number of anilines is 2. The molecule has 0 aliphatic carbocycles. The zero-order chi connectivity index (χ0) is 56.6. The van der Waals surface area contributed by atoms with Crippen LogP contribution in [-0.4, -0.2) is 117 Å². The molecule has 0 saturated heterocycles. The lowest BCUT2D eigenvalue weighted by atomic mass is 9.92. The van der Waals surface area contributed by atoms with Crippen LogP contribution >= 0.6 is 0 Å². The molecule has 17 nitrogen and oxygen atoms in total. The number of hydrogen-bond donors (Lipinski definition) is 2. The minimum atomic E-state index is -4.79. The maximum atomic E-state index is 14.6. The van der Waals surface area contributed by atoms with Gasteiger partial charge in [0, 0.05) is 11.4 Å². The first-order chi connectivity index (χ1) is 36.3. The fourth-order valence-corrected chi connectivity index (χ4v) is 8.92. The van der Waals surface area contributed by atoms with E-state index in [9.17, 15) is 65.6 Å². The number of nitrogens with one attached hydrogen (secondary N) is 2. The summed E-state index contributed by atoms with van der Waals surface area (Å²) in [7, 11) is 3.56. The van der Waals surface area contributed by atoms with Crippen molar-refractivity contribution in [3.63, 3.8) is 0 Å². The minimum absolute atomic E-state index is 0. The highest BCUT2D eigenvalue weighted by molar-refractivity contribution is 6.05. The summed E-state index contributed by atoms with van der Waals surface area (Å²) in [6, 6.07) is 19.0. The summed E-state index contributed by atoms with van der Waals surface area (Å²) in [5.74, 6) is -3.24. The molecule has 2 heterocycles. The molecule has 4 aromatic carbocycles. The number of likely N-dealkylation sites (N-methyl/N-ethyl adjacent to an activating group) is 1. The number of allylic oxidation sites excluding steroid dienone is 2. The van der Waals surface area contributed by atoms with E-state index >= 15 is 0 Å². The number of amides is 6. The van der Waals surface area contributed by atoms with Gasteiger partial charge in [0.1, 0.15) is 13.1 Å². The van der Waals surface area contributed by atoms with E-state index in [1.807, 2.05) is 12.1 Å². The van der Waals surface area contributed by atoms with Crippen LogP contribution in [0.2, 0.25) is 0 Å². The fraction of sp³-hybridized carbons (Fsp3) is 0.333. The van der Waals surface area contributed by atoms with E-state index in [4.69, 9.17) is 9.47 Å². The van der Waals surface area contributed by atoms with Crippen LogP contribution in [-0.2, 0) is 41.0 Å². The number of ether oxygens (including phenoxy) is 2. The Morgan fingerprint density at radius 3 is 1.26 bits per heavy atom. The summed E-state index contributed by atoms with van der Waals surface area (Å²) in [6.07, 6.45) is -9.58. The molecule has 2 aliphatic rings. The maximum absolute atomic E-state index is 14.6. The Morgan fingerprint density at radius 1 is 0.603 bits per heavy atom. The number of carbonyl (C=O) groups is 6. The van der Waals surface area contributed by atoms with E-state index in [2.05, 4.69) is 10.6 Å². The smallest absolute Gasteiger partial charge is 0.416 e. The van der Waals surface area contributed by atoms with Crippen LogP contribution < -0.4 is 44.4 Å². The topological polar surface area (TPSA) is 205 Å². The van der Waals surface area contributed by atoms with Crippen LogP contribution in [0.25, 0.3) is 0 Å². The van der Waals surface area contributed by atoms with Gasteiger partial charge in [-0.05, 0) is 99.5 Å². The van der Waals surface area contributed by atoms with Gasteiger partial charge in [-0.1, -0.05) is 36.4 Å². The average Bonchev–Trinajstić information content (AvgIpc) is 3.42. The van der Waals surface area contributed by atoms with Gasteiger partial charge in [-0.25, -0.2) is 19.2 Å². The molecule has 0 spiro atoms. The third kappa shape index (κ3) is 13.9. The van der Waals surface area contributed by atoms with E-state index in [1.165, 1.54) is 74.5 Å². The van der Waals surface area contributed by atoms with Gasteiger partial charge in [0.2, 0.25) is 11.8 Å². The number of benzene rings is 4. The molecule has 4 aromatic rings. The Balaban J connectivity index is 0.0000112. The van der Waals surface area contributed by atoms with Gasteiger partial charge in [-0.15, -0.1) is 0 Å². The molecular weight excluding hydrogens is 1140 g/mol. The first-order valence-electron chi connectivity index (χ1n) is 24.0. The molecule has 0 saturated carbocycles. The van der Waals surface area contributed by atoms with E-state index in [0.717, 1.165) is 56.0 Å². The molecule has 0 fully saturated rings. The Morgan fingerprint density at radius 2 is 0.949 bits per heavy atom. The standard InChI is InChI=1S/C54H53F6N9O8.HI/c1-7-76-49(72)45-33(3)67(41-13-9-11-39(27-41)53(55,56)57)51(74)65(47(45)37-19-15-35(29-61)16-20-37)31-43(70)63-23-25-69(5,6)26-24-64-44(71)32-66-48(38-21-17-36(30-62)18-22-38)46(50(73)77-8-2)34(4)68(52(66)75)42-14-10-12-40(28-42)54(58,59)60;/h9-22,27-28,47-48H,7-8,23-26,31-32H2,1-6H3,(H-,63,64,70,71);1H/t47-,48-;/m1./s1. The maximum Gasteiger partial charge on any atom is 0.416 e. The van der Waals surface area contributed by atoms with Crippen molar-refractivity contribution in [2.75, 3.05) is 76.4 Å². The summed E-state index contributed by atoms with van der Waals surface area (Å²) >= 11 is 0. The quantitative estimate of drug-likeness (QED) is 0.0583. The number of esters is 2. The SMILES string of the molecule is CCOC(=O)C1=C(C)N(c2cccc(C(F)(F)F)c2)C(=O)N(CC(=O)NCC[N+](C)(C)CCNC(=O)CN2C(=O)N(c3cccc(C(F)(F)F)c3)C(C)=C(C(=O)OCC)[C@H]2c2ccc(C#N)cc2)[C@@H]1c1ccc(C#N)cc1.[I-]. The Kier molecular flexibility index (Phi) is 19.9. The van der Waals surface area contributed by atoms with Crippen molar-refractivity contribution >= 4 is 47.2 Å². The van der Waals surface area contributed by atoms with Crippen LogP contribution in [0.5, 0.6) is 0 Å². The second kappa shape index (κ2) is 25.5. The summed E-state index contributed by atoms with van der Waals surface area (Å²) < 4.78 is 94.5. The molecular formula is C54H54F6IN9O8. The molecule has 2 aliphatic heterocycles. The Labute approximate surface area is 462 Å². The lowest BCUT2D eigenvalue weighted by molar-refractivity contribution is -0.887. The normalized spacial score (nSPS) is 16.0. The van der Waals surface area contributed by atoms with E-state index in [-0.39, 0.29) is 113 Å². The molecule has 2 N–H and O–H groups in total. The van der Waals surface area contributed by atoms with Gasteiger partial charge in [0.15, 0.2) is 0 Å². The highest BCUT2D eigenvalue weighted by Gasteiger charge is 2.46.